The Morgan fingerprint density at radius 1 is 0.882 bits per heavy atom. The molecular formula is C16H33B. The summed E-state index contributed by atoms with van der Waals surface area (Å²) in [6, 6.07) is 0. The van der Waals surface area contributed by atoms with Crippen molar-refractivity contribution < 1.29 is 0 Å². The van der Waals surface area contributed by atoms with Crippen LogP contribution in [0.1, 0.15) is 66.7 Å². The van der Waals surface area contributed by atoms with E-state index in [2.05, 4.69) is 46.7 Å². The first kappa shape index (κ1) is 16.8. The minimum absolute atomic E-state index is 0.807. The monoisotopic (exact) mass is 236 g/mol. The number of unbranched alkanes of at least 4 members (excludes halogenated alkanes) is 4. The zero-order chi connectivity index (χ0) is 13.1. The summed E-state index contributed by atoms with van der Waals surface area (Å²) in [5.41, 5.74) is 0. The van der Waals surface area contributed by atoms with E-state index >= 15 is 0 Å². The van der Waals surface area contributed by atoms with Crippen LogP contribution < -0.4 is 0 Å². The van der Waals surface area contributed by atoms with Crippen molar-refractivity contribution in [3.63, 3.8) is 0 Å². The molecule has 0 saturated heterocycles. The van der Waals surface area contributed by atoms with E-state index in [-0.39, 0.29) is 0 Å². The highest BCUT2D eigenvalue weighted by molar-refractivity contribution is 6.64. The number of rotatable bonds is 10. The summed E-state index contributed by atoms with van der Waals surface area (Å²) in [7, 11) is 0. The van der Waals surface area contributed by atoms with Crippen LogP contribution in [0.15, 0.2) is 12.1 Å². The Morgan fingerprint density at radius 2 is 1.47 bits per heavy atom. The predicted octanol–water partition coefficient (Wildman–Crippen LogP) is 5.86. The first-order valence-electron chi connectivity index (χ1n) is 7.72. The smallest absolute Gasteiger partial charge is 0.119 e. The topological polar surface area (TPSA) is 0 Å². The molecule has 0 aromatic rings. The lowest BCUT2D eigenvalue weighted by Gasteiger charge is -2.14. The van der Waals surface area contributed by atoms with Gasteiger partial charge in [0.05, 0.1) is 0 Å². The van der Waals surface area contributed by atoms with Gasteiger partial charge in [-0.2, -0.15) is 0 Å². The Bertz CT molecular complexity index is 172. The van der Waals surface area contributed by atoms with E-state index in [0.717, 1.165) is 18.5 Å². The third kappa shape index (κ3) is 12.1. The lowest BCUT2D eigenvalue weighted by molar-refractivity contribution is 0.674. The summed E-state index contributed by atoms with van der Waals surface area (Å²) < 4.78 is 0. The van der Waals surface area contributed by atoms with Crippen LogP contribution in [0.2, 0.25) is 12.6 Å². The SMILES string of the molecule is CCCCCC/C=C/B(CC(C)C)CC(C)C. The van der Waals surface area contributed by atoms with Gasteiger partial charge in [0.2, 0.25) is 0 Å². The minimum Gasteiger partial charge on any atom is -0.119 e. The molecule has 0 aromatic carbocycles. The van der Waals surface area contributed by atoms with Crippen LogP contribution in [-0.2, 0) is 0 Å². The Labute approximate surface area is 110 Å². The second-order valence-corrected chi connectivity index (χ2v) is 6.30. The lowest BCUT2D eigenvalue weighted by Crippen LogP contribution is -2.15. The van der Waals surface area contributed by atoms with Gasteiger partial charge < -0.3 is 0 Å². The number of hydrogen-bond donors (Lipinski definition) is 0. The Balaban J connectivity index is 3.83. The van der Waals surface area contributed by atoms with Crippen LogP contribution in [-0.4, -0.2) is 6.71 Å². The molecule has 1 heteroatoms. The molecule has 0 fully saturated rings. The molecule has 0 atom stereocenters. The highest BCUT2D eigenvalue weighted by Crippen LogP contribution is 2.16. The van der Waals surface area contributed by atoms with Crippen molar-refractivity contribution in [3.05, 3.63) is 12.1 Å². The third-order valence-electron chi connectivity index (χ3n) is 3.18. The predicted molar refractivity (Wildman–Crippen MR) is 82.9 cm³/mol. The van der Waals surface area contributed by atoms with Crippen molar-refractivity contribution in [2.45, 2.75) is 79.4 Å². The quantitative estimate of drug-likeness (QED) is 0.329. The molecule has 0 saturated carbocycles. The van der Waals surface area contributed by atoms with Crippen molar-refractivity contribution in [2.75, 3.05) is 0 Å². The van der Waals surface area contributed by atoms with E-state index in [9.17, 15) is 0 Å². The number of hydrogen-bond acceptors (Lipinski definition) is 0. The molecule has 0 radical (unpaired) electrons. The summed E-state index contributed by atoms with van der Waals surface area (Å²) in [5.74, 6) is 4.14. The zero-order valence-electron chi connectivity index (χ0n) is 12.8. The van der Waals surface area contributed by atoms with Gasteiger partial charge in [0.25, 0.3) is 0 Å². The summed E-state index contributed by atoms with van der Waals surface area (Å²) in [5, 5.41) is 0. The van der Waals surface area contributed by atoms with E-state index < -0.39 is 0 Å². The fourth-order valence-electron chi connectivity index (χ4n) is 2.44. The maximum atomic E-state index is 2.49. The molecule has 0 aromatic heterocycles. The molecule has 0 aliphatic carbocycles. The van der Waals surface area contributed by atoms with Crippen molar-refractivity contribution >= 4 is 6.71 Å². The standard InChI is InChI=1S/C16H33B/c1-6-7-8-9-10-11-12-17(13-15(2)3)14-16(4)5/h11-12,15-16H,6-10,13-14H2,1-5H3/b12-11+. The van der Waals surface area contributed by atoms with Gasteiger partial charge in [-0.3, -0.25) is 0 Å². The minimum atomic E-state index is 0.807. The molecule has 0 bridgehead atoms. The summed E-state index contributed by atoms with van der Waals surface area (Å²) in [6.45, 7) is 12.4. The van der Waals surface area contributed by atoms with Crippen LogP contribution >= 0.6 is 0 Å². The van der Waals surface area contributed by atoms with E-state index in [1.165, 1.54) is 44.7 Å². The average molecular weight is 236 g/mol. The zero-order valence-corrected chi connectivity index (χ0v) is 12.8. The highest BCUT2D eigenvalue weighted by atomic mass is 14.0. The lowest BCUT2D eigenvalue weighted by atomic mass is 9.41. The van der Waals surface area contributed by atoms with Gasteiger partial charge in [0.15, 0.2) is 6.71 Å². The van der Waals surface area contributed by atoms with Crippen LogP contribution in [0.3, 0.4) is 0 Å². The molecule has 0 N–H and O–H groups in total. The van der Waals surface area contributed by atoms with Crippen molar-refractivity contribution in [3.8, 4) is 0 Å². The molecule has 0 aliphatic rings. The molecular weight excluding hydrogens is 203 g/mol. The Hall–Kier alpha value is -0.195. The van der Waals surface area contributed by atoms with Gasteiger partial charge in [0.1, 0.15) is 0 Å². The van der Waals surface area contributed by atoms with Crippen molar-refractivity contribution in [1.82, 2.24) is 0 Å². The summed E-state index contributed by atoms with van der Waals surface area (Å²) >= 11 is 0. The second-order valence-electron chi connectivity index (χ2n) is 6.30. The van der Waals surface area contributed by atoms with Gasteiger partial charge in [-0.25, -0.2) is 0 Å². The van der Waals surface area contributed by atoms with Crippen LogP contribution in [0.25, 0.3) is 0 Å². The van der Waals surface area contributed by atoms with Crippen LogP contribution in [0.4, 0.5) is 0 Å². The van der Waals surface area contributed by atoms with Gasteiger partial charge in [-0.05, 0) is 12.8 Å². The van der Waals surface area contributed by atoms with Crippen molar-refractivity contribution in [1.29, 1.82) is 0 Å². The fourth-order valence-corrected chi connectivity index (χ4v) is 2.44. The van der Waals surface area contributed by atoms with Gasteiger partial charge in [-0.1, -0.05) is 84.4 Å². The first-order valence-corrected chi connectivity index (χ1v) is 7.72. The summed E-state index contributed by atoms with van der Waals surface area (Å²) in [4.78, 5) is 0. The first-order chi connectivity index (χ1) is 8.06. The molecule has 0 heterocycles. The second kappa shape index (κ2) is 10.9. The largest absolute Gasteiger partial charge is 0.166 e. The molecule has 17 heavy (non-hydrogen) atoms. The molecule has 0 amide bonds. The molecule has 0 spiro atoms. The Kier molecular flexibility index (Phi) is 10.8. The van der Waals surface area contributed by atoms with Crippen LogP contribution in [0, 0.1) is 11.8 Å². The van der Waals surface area contributed by atoms with E-state index in [0.29, 0.717) is 0 Å². The third-order valence-corrected chi connectivity index (χ3v) is 3.18. The molecule has 0 unspecified atom stereocenters. The Morgan fingerprint density at radius 3 is 1.94 bits per heavy atom. The van der Waals surface area contributed by atoms with Gasteiger partial charge >= 0.3 is 0 Å². The molecule has 0 rings (SSSR count). The maximum absolute atomic E-state index is 2.49. The van der Waals surface area contributed by atoms with E-state index in [1.54, 1.807) is 0 Å². The molecule has 0 nitrogen and oxygen atoms in total. The maximum Gasteiger partial charge on any atom is 0.166 e. The normalized spacial score (nSPS) is 11.9. The van der Waals surface area contributed by atoms with Crippen molar-refractivity contribution in [2.24, 2.45) is 11.8 Å². The average Bonchev–Trinajstić information content (AvgIpc) is 2.21. The van der Waals surface area contributed by atoms with Crippen LogP contribution in [0.5, 0.6) is 0 Å². The molecule has 100 valence electrons. The van der Waals surface area contributed by atoms with Gasteiger partial charge in [0, 0.05) is 0 Å². The van der Waals surface area contributed by atoms with Gasteiger partial charge in [-0.15, -0.1) is 5.98 Å². The number of allylic oxidation sites excluding steroid dienone is 1. The van der Waals surface area contributed by atoms with E-state index in [1.807, 2.05) is 0 Å². The fraction of sp³-hybridized carbons (Fsp3) is 0.875. The summed E-state index contributed by atoms with van der Waals surface area (Å²) in [6.07, 6.45) is 11.9. The van der Waals surface area contributed by atoms with E-state index in [4.69, 9.17) is 0 Å². The highest BCUT2D eigenvalue weighted by Gasteiger charge is 2.13. The molecule has 0 aliphatic heterocycles.